The summed E-state index contributed by atoms with van der Waals surface area (Å²) in [5, 5.41) is 0. The molecule has 0 saturated carbocycles. The van der Waals surface area contributed by atoms with Gasteiger partial charge in [0.05, 0.1) is 6.04 Å². The lowest BCUT2D eigenvalue weighted by molar-refractivity contribution is 0.0266. The van der Waals surface area contributed by atoms with E-state index >= 15 is 0 Å². The van der Waals surface area contributed by atoms with E-state index in [9.17, 15) is 4.79 Å². The van der Waals surface area contributed by atoms with Crippen LogP contribution in [0.25, 0.3) is 0 Å². The first-order valence-electron chi connectivity index (χ1n) is 6.88. The zero-order valence-corrected chi connectivity index (χ0v) is 14.1. The van der Waals surface area contributed by atoms with Crippen molar-refractivity contribution in [2.24, 2.45) is 4.99 Å². The highest BCUT2D eigenvalue weighted by Crippen LogP contribution is 2.22. The van der Waals surface area contributed by atoms with Crippen LogP contribution in [0.5, 0.6) is 0 Å². The van der Waals surface area contributed by atoms with E-state index in [1.54, 1.807) is 4.90 Å². The number of hydrogen-bond donors (Lipinski definition) is 0. The highest BCUT2D eigenvalue weighted by molar-refractivity contribution is 7.80. The highest BCUT2D eigenvalue weighted by Gasteiger charge is 2.34. The Morgan fingerprint density at radius 3 is 2.50 bits per heavy atom. The molecular weight excluding hydrogens is 274 g/mol. The van der Waals surface area contributed by atoms with Gasteiger partial charge in [0.25, 0.3) is 0 Å². The van der Waals surface area contributed by atoms with Gasteiger partial charge in [-0.1, -0.05) is 12.2 Å². The first kappa shape index (κ1) is 16.9. The Hall–Kier alpha value is -1.17. The molecule has 6 heteroatoms. The third-order valence-electron chi connectivity index (χ3n) is 3.09. The van der Waals surface area contributed by atoms with Crippen LogP contribution in [0.3, 0.4) is 0 Å². The third kappa shape index (κ3) is 4.74. The maximum absolute atomic E-state index is 12.2. The normalized spacial score (nSPS) is 20.0. The lowest BCUT2D eigenvalue weighted by atomic mass is 10.2. The van der Waals surface area contributed by atoms with E-state index in [2.05, 4.69) is 4.99 Å². The number of carbonyl (C=O) groups excluding carboxylic acids is 1. The molecule has 0 aromatic heterocycles. The average molecular weight is 299 g/mol. The molecular formula is C14H25N3O2S. The van der Waals surface area contributed by atoms with Crippen LogP contribution in [0.15, 0.2) is 4.99 Å². The second-order valence-electron chi connectivity index (χ2n) is 6.22. The molecule has 114 valence electrons. The van der Waals surface area contributed by atoms with E-state index in [4.69, 9.17) is 17.0 Å². The molecule has 0 N–H and O–H groups in total. The molecule has 1 unspecified atom stereocenters. The number of rotatable bonds is 1. The maximum Gasteiger partial charge on any atom is 0.410 e. The fourth-order valence-corrected chi connectivity index (χ4v) is 2.27. The Labute approximate surface area is 127 Å². The fraction of sp³-hybridized carbons (Fsp3) is 0.786. The predicted octanol–water partition coefficient (Wildman–Crippen LogP) is 2.69. The van der Waals surface area contributed by atoms with Crippen molar-refractivity contribution in [3.05, 3.63) is 0 Å². The summed E-state index contributed by atoms with van der Waals surface area (Å²) < 4.78 is 5.42. The van der Waals surface area contributed by atoms with Crippen LogP contribution < -0.4 is 0 Å². The molecule has 5 nitrogen and oxygen atoms in total. The first-order valence-corrected chi connectivity index (χ1v) is 7.28. The number of thiocarbonyl (C=S) groups is 1. The number of amidine groups is 1. The molecule has 1 amide bonds. The molecule has 1 saturated heterocycles. The van der Waals surface area contributed by atoms with Gasteiger partial charge < -0.3 is 9.64 Å². The highest BCUT2D eigenvalue weighted by atomic mass is 32.1. The van der Waals surface area contributed by atoms with Gasteiger partial charge in [0.15, 0.2) is 0 Å². The maximum atomic E-state index is 12.2. The Balaban J connectivity index is 2.77. The number of nitrogens with zero attached hydrogens (tertiary/aromatic N) is 3. The Morgan fingerprint density at radius 1 is 1.40 bits per heavy atom. The molecule has 0 radical (unpaired) electrons. The number of aliphatic imine (C=N–C) groups is 1. The van der Waals surface area contributed by atoms with Crippen molar-refractivity contribution in [3.63, 3.8) is 0 Å². The molecule has 1 fully saturated rings. The van der Waals surface area contributed by atoms with E-state index < -0.39 is 5.60 Å². The molecule has 20 heavy (non-hydrogen) atoms. The minimum Gasteiger partial charge on any atom is -0.444 e. The van der Waals surface area contributed by atoms with Crippen molar-refractivity contribution < 1.29 is 9.53 Å². The van der Waals surface area contributed by atoms with Crippen molar-refractivity contribution in [3.8, 4) is 0 Å². The van der Waals surface area contributed by atoms with Gasteiger partial charge >= 0.3 is 6.09 Å². The fourth-order valence-electron chi connectivity index (χ4n) is 1.90. The Kier molecular flexibility index (Phi) is 5.50. The van der Waals surface area contributed by atoms with Crippen molar-refractivity contribution in [1.29, 1.82) is 0 Å². The summed E-state index contributed by atoms with van der Waals surface area (Å²) in [6.07, 6.45) is 1.48. The molecule has 1 atom stereocenters. The summed E-state index contributed by atoms with van der Waals surface area (Å²) in [6, 6.07) is -0.130. The van der Waals surface area contributed by atoms with E-state index in [0.717, 1.165) is 18.7 Å². The lowest BCUT2D eigenvalue weighted by Crippen LogP contribution is -2.42. The number of likely N-dealkylation sites (tertiary alicyclic amines) is 1. The van der Waals surface area contributed by atoms with Crippen LogP contribution in [0.4, 0.5) is 4.79 Å². The van der Waals surface area contributed by atoms with Gasteiger partial charge in [0, 0.05) is 20.6 Å². The van der Waals surface area contributed by atoms with Crippen molar-refractivity contribution in [2.75, 3.05) is 20.6 Å². The van der Waals surface area contributed by atoms with Crippen molar-refractivity contribution in [1.82, 2.24) is 9.80 Å². The quantitative estimate of drug-likeness (QED) is 0.424. The van der Waals surface area contributed by atoms with Crippen molar-refractivity contribution in [2.45, 2.75) is 52.2 Å². The summed E-state index contributed by atoms with van der Waals surface area (Å²) >= 11 is 5.38. The van der Waals surface area contributed by atoms with Gasteiger partial charge in [-0.05, 0) is 40.5 Å². The van der Waals surface area contributed by atoms with Crippen LogP contribution in [-0.2, 0) is 4.74 Å². The van der Waals surface area contributed by atoms with E-state index in [1.165, 1.54) is 0 Å². The molecule has 0 spiro atoms. The van der Waals surface area contributed by atoms with Crippen LogP contribution in [0, 0.1) is 0 Å². The standard InChI is InChI=1S/C14H25N3O2S/c1-10(16(5)6)15-12(20)11-8-7-9-17(11)13(18)19-14(2,3)4/h11H,7-9H2,1-6H3/b15-10+. The Bertz CT molecular complexity index is 413. The second-order valence-corrected chi connectivity index (χ2v) is 6.64. The van der Waals surface area contributed by atoms with Gasteiger partial charge in [-0.25, -0.2) is 9.79 Å². The van der Waals surface area contributed by atoms with Gasteiger partial charge in [0.2, 0.25) is 0 Å². The van der Waals surface area contributed by atoms with Crippen LogP contribution in [0.1, 0.15) is 40.5 Å². The summed E-state index contributed by atoms with van der Waals surface area (Å²) in [5.41, 5.74) is -0.491. The van der Waals surface area contributed by atoms with Crippen LogP contribution >= 0.6 is 12.2 Å². The van der Waals surface area contributed by atoms with Crippen LogP contribution in [-0.4, -0.2) is 59.0 Å². The molecule has 1 aliphatic heterocycles. The average Bonchev–Trinajstić information content (AvgIpc) is 2.74. The summed E-state index contributed by atoms with van der Waals surface area (Å²) in [4.78, 5) is 20.7. The van der Waals surface area contributed by atoms with E-state index in [1.807, 2.05) is 46.7 Å². The van der Waals surface area contributed by atoms with Gasteiger partial charge in [0.1, 0.15) is 16.4 Å². The number of carbonyl (C=O) groups is 1. The topological polar surface area (TPSA) is 45.1 Å². The zero-order chi connectivity index (χ0) is 15.5. The molecule has 1 rings (SSSR count). The summed E-state index contributed by atoms with van der Waals surface area (Å²) in [6.45, 7) is 8.17. The largest absolute Gasteiger partial charge is 0.444 e. The summed E-state index contributed by atoms with van der Waals surface area (Å²) in [7, 11) is 3.84. The second kappa shape index (κ2) is 6.52. The number of ether oxygens (including phenoxy) is 1. The van der Waals surface area contributed by atoms with E-state index in [-0.39, 0.29) is 12.1 Å². The predicted molar refractivity (Wildman–Crippen MR) is 85.4 cm³/mol. The van der Waals surface area contributed by atoms with Gasteiger partial charge in [-0.15, -0.1) is 0 Å². The third-order valence-corrected chi connectivity index (χ3v) is 3.45. The SMILES string of the molecule is C/C(=N\C(=S)C1CCCN1C(=O)OC(C)(C)C)N(C)C. The van der Waals surface area contributed by atoms with Gasteiger partial charge in [-0.3, -0.25) is 4.90 Å². The van der Waals surface area contributed by atoms with Crippen LogP contribution in [0.2, 0.25) is 0 Å². The van der Waals surface area contributed by atoms with E-state index in [0.29, 0.717) is 11.5 Å². The first-order chi connectivity index (χ1) is 9.11. The Morgan fingerprint density at radius 2 is 2.00 bits per heavy atom. The molecule has 1 aliphatic rings. The molecule has 1 heterocycles. The molecule has 0 aromatic rings. The minimum absolute atomic E-state index is 0.130. The lowest BCUT2D eigenvalue weighted by Gasteiger charge is -2.28. The van der Waals surface area contributed by atoms with Gasteiger partial charge in [-0.2, -0.15) is 0 Å². The minimum atomic E-state index is -0.491. The zero-order valence-electron chi connectivity index (χ0n) is 13.3. The molecule has 0 aromatic carbocycles. The summed E-state index contributed by atoms with van der Waals surface area (Å²) in [5.74, 6) is 0.839. The van der Waals surface area contributed by atoms with Crippen molar-refractivity contribution >= 4 is 29.1 Å². The number of amides is 1. The smallest absolute Gasteiger partial charge is 0.410 e. The molecule has 0 bridgehead atoms. The molecule has 0 aliphatic carbocycles. The monoisotopic (exact) mass is 299 g/mol. The number of hydrogen-bond acceptors (Lipinski definition) is 3.